The zero-order valence-corrected chi connectivity index (χ0v) is 9.54. The first-order valence-electron chi connectivity index (χ1n) is 5.47. The number of rotatable bonds is 8. The fourth-order valence-electron chi connectivity index (χ4n) is 0.871. The van der Waals surface area contributed by atoms with Gasteiger partial charge in [-0.05, 0) is 19.8 Å². The predicted molar refractivity (Wildman–Crippen MR) is 56.2 cm³/mol. The monoisotopic (exact) mass is 202 g/mol. The molecule has 3 nitrogen and oxygen atoms in total. The topological polar surface area (TPSA) is 35.5 Å². The van der Waals surface area contributed by atoms with Crippen LogP contribution in [-0.2, 0) is 14.3 Å². The van der Waals surface area contributed by atoms with Gasteiger partial charge >= 0.3 is 5.97 Å². The zero-order chi connectivity index (χ0) is 10.8. The first-order valence-corrected chi connectivity index (χ1v) is 5.47. The van der Waals surface area contributed by atoms with Crippen molar-refractivity contribution in [1.82, 2.24) is 0 Å². The lowest BCUT2D eigenvalue weighted by Crippen LogP contribution is -2.15. The van der Waals surface area contributed by atoms with Crippen molar-refractivity contribution in [3.8, 4) is 0 Å². The van der Waals surface area contributed by atoms with Crippen LogP contribution in [0, 0.1) is 0 Å². The summed E-state index contributed by atoms with van der Waals surface area (Å²) >= 11 is 0. The Morgan fingerprint density at radius 1 is 1.29 bits per heavy atom. The summed E-state index contributed by atoms with van der Waals surface area (Å²) in [6, 6.07) is 0. The van der Waals surface area contributed by atoms with Crippen molar-refractivity contribution in [3.63, 3.8) is 0 Å². The van der Waals surface area contributed by atoms with Gasteiger partial charge in [-0.15, -0.1) is 0 Å². The molecular weight excluding hydrogens is 180 g/mol. The van der Waals surface area contributed by atoms with Crippen LogP contribution in [0.15, 0.2) is 0 Å². The quantitative estimate of drug-likeness (QED) is 0.448. The molecule has 0 radical (unpaired) electrons. The Labute approximate surface area is 86.8 Å². The van der Waals surface area contributed by atoms with Crippen molar-refractivity contribution in [3.05, 3.63) is 0 Å². The lowest BCUT2D eigenvalue weighted by molar-refractivity contribution is -0.149. The van der Waals surface area contributed by atoms with Gasteiger partial charge < -0.3 is 9.47 Å². The lowest BCUT2D eigenvalue weighted by atomic mass is 10.3. The van der Waals surface area contributed by atoms with Crippen molar-refractivity contribution < 1.29 is 14.3 Å². The summed E-state index contributed by atoms with van der Waals surface area (Å²) in [6.07, 6.45) is 3.44. The van der Waals surface area contributed by atoms with E-state index in [4.69, 9.17) is 9.47 Å². The second-order valence-electron chi connectivity index (χ2n) is 3.42. The standard InChI is InChI=1S/C11H22O3/c1-4-6-8-13-9-7-11(12)14-10(3)5-2/h10H,4-9H2,1-3H3. The summed E-state index contributed by atoms with van der Waals surface area (Å²) in [7, 11) is 0. The summed E-state index contributed by atoms with van der Waals surface area (Å²) in [5.41, 5.74) is 0. The van der Waals surface area contributed by atoms with Gasteiger partial charge in [0.1, 0.15) is 0 Å². The number of unbranched alkanes of at least 4 members (excludes halogenated alkanes) is 1. The van der Waals surface area contributed by atoms with Crippen molar-refractivity contribution >= 4 is 5.97 Å². The third-order valence-electron chi connectivity index (χ3n) is 2.00. The van der Waals surface area contributed by atoms with E-state index in [9.17, 15) is 4.79 Å². The maximum absolute atomic E-state index is 11.1. The molecule has 0 aliphatic rings. The number of hydrogen-bond donors (Lipinski definition) is 0. The zero-order valence-electron chi connectivity index (χ0n) is 9.54. The molecule has 0 amide bonds. The Hall–Kier alpha value is -0.570. The lowest BCUT2D eigenvalue weighted by Gasteiger charge is -2.10. The average Bonchev–Trinajstić information content (AvgIpc) is 2.17. The molecule has 0 aliphatic heterocycles. The Balaban J connectivity index is 3.27. The minimum Gasteiger partial charge on any atom is -0.463 e. The van der Waals surface area contributed by atoms with Crippen LogP contribution in [0.4, 0.5) is 0 Å². The maximum atomic E-state index is 11.1. The Morgan fingerprint density at radius 2 is 2.00 bits per heavy atom. The van der Waals surface area contributed by atoms with Crippen molar-refractivity contribution in [2.45, 2.75) is 52.6 Å². The average molecular weight is 202 g/mol. The van der Waals surface area contributed by atoms with E-state index in [1.54, 1.807) is 0 Å². The van der Waals surface area contributed by atoms with Crippen LogP contribution < -0.4 is 0 Å². The van der Waals surface area contributed by atoms with Gasteiger partial charge in [-0.1, -0.05) is 20.3 Å². The Kier molecular flexibility index (Phi) is 8.64. The Morgan fingerprint density at radius 3 is 2.57 bits per heavy atom. The maximum Gasteiger partial charge on any atom is 0.308 e. The van der Waals surface area contributed by atoms with E-state index < -0.39 is 0 Å². The van der Waals surface area contributed by atoms with E-state index >= 15 is 0 Å². The summed E-state index contributed by atoms with van der Waals surface area (Å²) < 4.78 is 10.3. The first kappa shape index (κ1) is 13.4. The minimum absolute atomic E-state index is 0.0261. The van der Waals surface area contributed by atoms with Gasteiger partial charge in [0.05, 0.1) is 19.1 Å². The molecule has 3 heteroatoms. The van der Waals surface area contributed by atoms with Crippen LogP contribution in [0.2, 0.25) is 0 Å². The largest absolute Gasteiger partial charge is 0.463 e. The van der Waals surface area contributed by atoms with E-state index in [0.717, 1.165) is 25.9 Å². The van der Waals surface area contributed by atoms with E-state index in [1.165, 1.54) is 0 Å². The molecule has 0 aromatic rings. The molecule has 0 aliphatic carbocycles. The molecule has 84 valence electrons. The minimum atomic E-state index is -0.157. The highest BCUT2D eigenvalue weighted by Crippen LogP contribution is 1.99. The summed E-state index contributed by atoms with van der Waals surface area (Å²) in [5.74, 6) is -0.157. The molecule has 0 aromatic carbocycles. The molecule has 0 bridgehead atoms. The van der Waals surface area contributed by atoms with Gasteiger partial charge in [-0.3, -0.25) is 4.79 Å². The molecule has 0 saturated carbocycles. The van der Waals surface area contributed by atoms with Crippen molar-refractivity contribution in [2.75, 3.05) is 13.2 Å². The van der Waals surface area contributed by atoms with Crippen LogP contribution in [-0.4, -0.2) is 25.3 Å². The molecule has 0 N–H and O–H groups in total. The van der Waals surface area contributed by atoms with Gasteiger partial charge in [-0.25, -0.2) is 0 Å². The number of esters is 1. The molecule has 0 heterocycles. The predicted octanol–water partition coefficient (Wildman–Crippen LogP) is 2.53. The van der Waals surface area contributed by atoms with Crippen molar-refractivity contribution in [2.24, 2.45) is 0 Å². The van der Waals surface area contributed by atoms with Crippen LogP contribution in [0.1, 0.15) is 46.5 Å². The van der Waals surface area contributed by atoms with Crippen LogP contribution >= 0.6 is 0 Å². The number of ether oxygens (including phenoxy) is 2. The molecule has 14 heavy (non-hydrogen) atoms. The first-order chi connectivity index (χ1) is 6.70. The second kappa shape index (κ2) is 9.00. The summed E-state index contributed by atoms with van der Waals surface area (Å²) in [5, 5.41) is 0. The van der Waals surface area contributed by atoms with Crippen LogP contribution in [0.3, 0.4) is 0 Å². The van der Waals surface area contributed by atoms with Gasteiger partial charge in [0.15, 0.2) is 0 Å². The van der Waals surface area contributed by atoms with E-state index in [0.29, 0.717) is 13.0 Å². The highest BCUT2D eigenvalue weighted by molar-refractivity contribution is 5.69. The molecule has 0 rings (SSSR count). The normalized spacial score (nSPS) is 12.5. The Bertz CT molecular complexity index is 145. The molecule has 1 unspecified atom stereocenters. The van der Waals surface area contributed by atoms with Gasteiger partial charge in [0.25, 0.3) is 0 Å². The molecule has 1 atom stereocenters. The van der Waals surface area contributed by atoms with Gasteiger partial charge in [0, 0.05) is 6.61 Å². The van der Waals surface area contributed by atoms with Gasteiger partial charge in [0.2, 0.25) is 0 Å². The van der Waals surface area contributed by atoms with Crippen LogP contribution in [0.25, 0.3) is 0 Å². The molecular formula is C11H22O3. The molecule has 0 aromatic heterocycles. The number of hydrogen-bond acceptors (Lipinski definition) is 3. The SMILES string of the molecule is CCCCOCCC(=O)OC(C)CC. The number of carbonyl (C=O) groups is 1. The van der Waals surface area contributed by atoms with Gasteiger partial charge in [-0.2, -0.15) is 0 Å². The highest BCUT2D eigenvalue weighted by Gasteiger charge is 2.06. The molecule has 0 fully saturated rings. The molecule has 0 spiro atoms. The fourth-order valence-corrected chi connectivity index (χ4v) is 0.871. The number of carbonyl (C=O) groups excluding carboxylic acids is 1. The van der Waals surface area contributed by atoms with E-state index in [1.807, 2.05) is 13.8 Å². The van der Waals surface area contributed by atoms with Crippen molar-refractivity contribution in [1.29, 1.82) is 0 Å². The van der Waals surface area contributed by atoms with E-state index in [-0.39, 0.29) is 12.1 Å². The second-order valence-corrected chi connectivity index (χ2v) is 3.42. The third kappa shape index (κ3) is 8.05. The summed E-state index contributed by atoms with van der Waals surface area (Å²) in [4.78, 5) is 11.1. The molecule has 0 saturated heterocycles. The van der Waals surface area contributed by atoms with E-state index in [2.05, 4.69) is 6.92 Å². The third-order valence-corrected chi connectivity index (χ3v) is 2.00. The summed E-state index contributed by atoms with van der Waals surface area (Å²) in [6.45, 7) is 7.23. The highest BCUT2D eigenvalue weighted by atomic mass is 16.5. The smallest absolute Gasteiger partial charge is 0.308 e. The van der Waals surface area contributed by atoms with Crippen LogP contribution in [0.5, 0.6) is 0 Å². The fraction of sp³-hybridized carbons (Fsp3) is 0.909.